The van der Waals surface area contributed by atoms with Crippen LogP contribution in [-0.2, 0) is 5.41 Å². The van der Waals surface area contributed by atoms with Crippen LogP contribution in [0.3, 0.4) is 0 Å². The molecule has 1 aliphatic heterocycles. The van der Waals surface area contributed by atoms with Crippen LogP contribution < -0.4 is 5.43 Å². The Kier molecular flexibility index (Phi) is 4.87. The summed E-state index contributed by atoms with van der Waals surface area (Å²) in [5.41, 5.74) is 2.46. The molecule has 0 radical (unpaired) electrons. The lowest BCUT2D eigenvalue weighted by atomic mass is 9.86. The molecule has 4 rings (SSSR count). The second-order valence-electron chi connectivity index (χ2n) is 8.31. The van der Waals surface area contributed by atoms with Crippen LogP contribution >= 0.6 is 15.9 Å². The number of benzene rings is 2. The number of aliphatic hydroxyl groups is 1. The molecule has 0 spiro atoms. The van der Waals surface area contributed by atoms with Gasteiger partial charge in [0, 0.05) is 11.0 Å². The predicted molar refractivity (Wildman–Crippen MR) is 115 cm³/mol. The van der Waals surface area contributed by atoms with Crippen molar-refractivity contribution in [2.45, 2.75) is 32.2 Å². The topological polar surface area (TPSA) is 70.8 Å². The van der Waals surface area contributed by atoms with Gasteiger partial charge < -0.3 is 14.4 Å². The van der Waals surface area contributed by atoms with Gasteiger partial charge in [-0.05, 0) is 34.7 Å². The summed E-state index contributed by atoms with van der Waals surface area (Å²) in [7, 11) is 0. The summed E-state index contributed by atoms with van der Waals surface area (Å²) in [5, 5.41) is 9.95. The van der Waals surface area contributed by atoms with Crippen LogP contribution in [0.15, 0.2) is 56.1 Å². The summed E-state index contributed by atoms with van der Waals surface area (Å²) in [6.07, 6.45) is 0. The second kappa shape index (κ2) is 7.11. The largest absolute Gasteiger partial charge is 0.450 e. The van der Waals surface area contributed by atoms with Gasteiger partial charge in [-0.15, -0.1) is 0 Å². The van der Waals surface area contributed by atoms with Crippen LogP contribution in [0.25, 0.3) is 11.0 Å². The number of hydrogen-bond acceptors (Lipinski definition) is 4. The van der Waals surface area contributed by atoms with Crippen LogP contribution in [0.4, 0.5) is 0 Å². The third kappa shape index (κ3) is 3.30. The average molecular weight is 456 g/mol. The number of hydrogen-bond donors (Lipinski definition) is 1. The fourth-order valence-electron chi connectivity index (χ4n) is 3.84. The molecular weight excluding hydrogens is 434 g/mol. The lowest BCUT2D eigenvalue weighted by Gasteiger charge is -2.25. The number of fused-ring (bicyclic) bond motifs is 2. The maximum atomic E-state index is 13.4. The summed E-state index contributed by atoms with van der Waals surface area (Å²) in [5.74, 6) is -0.316. The molecule has 5 nitrogen and oxygen atoms in total. The molecule has 3 aromatic rings. The Hall–Kier alpha value is -2.44. The number of β-amino-alcohol motifs (C(OH)–C–C–N with tert-alkyl or cyclic N) is 1. The Morgan fingerprint density at radius 1 is 1.10 bits per heavy atom. The minimum absolute atomic E-state index is 0.00573. The molecule has 1 aromatic heterocycles. The molecule has 29 heavy (non-hydrogen) atoms. The Balaban J connectivity index is 1.94. The third-order valence-electron chi connectivity index (χ3n) is 5.36. The van der Waals surface area contributed by atoms with E-state index in [0.717, 1.165) is 15.6 Å². The molecule has 2 aromatic carbocycles. The van der Waals surface area contributed by atoms with Gasteiger partial charge in [-0.3, -0.25) is 9.59 Å². The Morgan fingerprint density at radius 3 is 2.41 bits per heavy atom. The number of carbonyl (C=O) groups excluding carboxylic acids is 1. The lowest BCUT2D eigenvalue weighted by molar-refractivity contribution is 0.0691. The van der Waals surface area contributed by atoms with Gasteiger partial charge in [-0.1, -0.05) is 61.0 Å². The Labute approximate surface area is 177 Å². The molecule has 0 fully saturated rings. The van der Waals surface area contributed by atoms with E-state index in [0.29, 0.717) is 16.5 Å². The summed E-state index contributed by atoms with van der Waals surface area (Å²) in [4.78, 5) is 27.9. The molecule has 0 saturated carbocycles. The van der Waals surface area contributed by atoms with E-state index in [1.54, 1.807) is 18.2 Å². The molecule has 2 heterocycles. The van der Waals surface area contributed by atoms with Crippen LogP contribution in [0.1, 0.15) is 54.1 Å². The fraction of sp³-hybridized carbons (Fsp3) is 0.304. The number of halogens is 1. The van der Waals surface area contributed by atoms with Crippen LogP contribution in [0.5, 0.6) is 0 Å². The van der Waals surface area contributed by atoms with Crippen LogP contribution in [-0.4, -0.2) is 29.1 Å². The van der Waals surface area contributed by atoms with Gasteiger partial charge in [0.2, 0.25) is 5.76 Å². The lowest BCUT2D eigenvalue weighted by Crippen LogP contribution is -2.32. The molecule has 0 aliphatic carbocycles. The maximum absolute atomic E-state index is 13.4. The standard InChI is InChI=1S/C23H22BrNO4/c1-23(2,3)14-6-4-13(5-7-14)19-18-20(27)16-12-15(24)8-9-17(16)29-21(18)22(28)25(19)10-11-26/h4-9,12,19,26H,10-11H2,1-3H3. The molecule has 6 heteroatoms. The zero-order chi connectivity index (χ0) is 20.9. The van der Waals surface area contributed by atoms with E-state index in [-0.39, 0.29) is 35.7 Å². The van der Waals surface area contributed by atoms with Gasteiger partial charge in [0.1, 0.15) is 5.58 Å². The SMILES string of the molecule is CC(C)(C)c1ccc(C2c3c(oc4ccc(Br)cc4c3=O)C(=O)N2CCO)cc1. The Bertz CT molecular complexity index is 1160. The second-order valence-corrected chi connectivity index (χ2v) is 9.23. The molecule has 1 atom stereocenters. The first-order chi connectivity index (χ1) is 13.7. The van der Waals surface area contributed by atoms with E-state index in [1.165, 1.54) is 4.90 Å². The van der Waals surface area contributed by atoms with Crippen molar-refractivity contribution in [1.82, 2.24) is 4.90 Å². The fourth-order valence-corrected chi connectivity index (χ4v) is 4.20. The van der Waals surface area contributed by atoms with E-state index in [1.807, 2.05) is 24.3 Å². The molecule has 1 aliphatic rings. The normalized spacial score (nSPS) is 16.5. The number of rotatable bonds is 3. The first-order valence-electron chi connectivity index (χ1n) is 9.51. The summed E-state index contributed by atoms with van der Waals surface area (Å²) >= 11 is 3.39. The maximum Gasteiger partial charge on any atom is 0.290 e. The molecule has 1 N–H and O–H groups in total. The van der Waals surface area contributed by atoms with Crippen molar-refractivity contribution < 1.29 is 14.3 Å². The number of amides is 1. The summed E-state index contributed by atoms with van der Waals surface area (Å²) in [6.45, 7) is 6.32. The van der Waals surface area contributed by atoms with Gasteiger partial charge >= 0.3 is 0 Å². The van der Waals surface area contributed by atoms with Crippen molar-refractivity contribution in [3.8, 4) is 0 Å². The van der Waals surface area contributed by atoms with Gasteiger partial charge in [-0.2, -0.15) is 0 Å². The van der Waals surface area contributed by atoms with Gasteiger partial charge in [-0.25, -0.2) is 0 Å². The zero-order valence-electron chi connectivity index (χ0n) is 16.5. The first-order valence-corrected chi connectivity index (χ1v) is 10.3. The minimum atomic E-state index is -0.585. The van der Waals surface area contributed by atoms with E-state index in [4.69, 9.17) is 4.42 Å². The van der Waals surface area contributed by atoms with E-state index < -0.39 is 6.04 Å². The van der Waals surface area contributed by atoms with Crippen LogP contribution in [0, 0.1) is 0 Å². The summed E-state index contributed by atoms with van der Waals surface area (Å²) < 4.78 is 6.63. The molecular formula is C23H22BrNO4. The highest BCUT2D eigenvalue weighted by molar-refractivity contribution is 9.10. The first kappa shape index (κ1) is 19.9. The molecule has 0 bridgehead atoms. The average Bonchev–Trinajstić information content (AvgIpc) is 2.95. The highest BCUT2D eigenvalue weighted by Gasteiger charge is 2.42. The van der Waals surface area contributed by atoms with Crippen molar-refractivity contribution in [3.05, 3.63) is 79.6 Å². The van der Waals surface area contributed by atoms with Crippen molar-refractivity contribution in [2.75, 3.05) is 13.2 Å². The Morgan fingerprint density at radius 2 is 1.79 bits per heavy atom. The van der Waals surface area contributed by atoms with Crippen molar-refractivity contribution in [1.29, 1.82) is 0 Å². The van der Waals surface area contributed by atoms with Crippen LogP contribution in [0.2, 0.25) is 0 Å². The van der Waals surface area contributed by atoms with Crippen molar-refractivity contribution in [2.24, 2.45) is 0 Å². The van der Waals surface area contributed by atoms with Crippen molar-refractivity contribution in [3.63, 3.8) is 0 Å². The molecule has 1 unspecified atom stereocenters. The molecule has 150 valence electrons. The highest BCUT2D eigenvalue weighted by Crippen LogP contribution is 2.38. The molecule has 1 amide bonds. The monoisotopic (exact) mass is 455 g/mol. The van der Waals surface area contributed by atoms with Gasteiger partial charge in [0.25, 0.3) is 5.91 Å². The summed E-state index contributed by atoms with van der Waals surface area (Å²) in [6, 6.07) is 12.5. The number of carbonyl (C=O) groups is 1. The number of aliphatic hydroxyl groups excluding tert-OH is 1. The van der Waals surface area contributed by atoms with E-state index in [2.05, 4.69) is 36.7 Å². The molecule has 0 saturated heterocycles. The third-order valence-corrected chi connectivity index (χ3v) is 5.85. The van der Waals surface area contributed by atoms with Crippen molar-refractivity contribution >= 4 is 32.8 Å². The smallest absolute Gasteiger partial charge is 0.290 e. The zero-order valence-corrected chi connectivity index (χ0v) is 18.1. The quantitative estimate of drug-likeness (QED) is 0.635. The highest BCUT2D eigenvalue weighted by atomic mass is 79.9. The predicted octanol–water partition coefficient (Wildman–Crippen LogP) is 4.39. The van der Waals surface area contributed by atoms with E-state index in [9.17, 15) is 14.7 Å². The van der Waals surface area contributed by atoms with Gasteiger partial charge in [0.05, 0.1) is 23.6 Å². The van der Waals surface area contributed by atoms with Gasteiger partial charge in [0.15, 0.2) is 5.43 Å². The number of nitrogens with zero attached hydrogens (tertiary/aromatic N) is 1. The minimum Gasteiger partial charge on any atom is -0.450 e. The van der Waals surface area contributed by atoms with E-state index >= 15 is 0 Å².